The van der Waals surface area contributed by atoms with Crippen LogP contribution in [0.1, 0.15) is 56.4 Å². The van der Waals surface area contributed by atoms with E-state index in [-0.39, 0.29) is 23.9 Å². The van der Waals surface area contributed by atoms with Crippen molar-refractivity contribution in [3.05, 3.63) is 41.8 Å². The number of carbonyl (C=O) groups is 1. The zero-order chi connectivity index (χ0) is 16.9. The molecule has 1 aliphatic rings. The molecule has 1 unspecified atom stereocenters. The summed E-state index contributed by atoms with van der Waals surface area (Å²) in [5.41, 5.74) is 1.50. The number of pyridine rings is 1. The van der Waals surface area contributed by atoms with Gasteiger partial charge < -0.3 is 0 Å². The van der Waals surface area contributed by atoms with Crippen molar-refractivity contribution >= 4 is 16.7 Å². The van der Waals surface area contributed by atoms with Crippen molar-refractivity contribution in [3.8, 4) is 6.07 Å². The molecule has 0 amide bonds. The van der Waals surface area contributed by atoms with E-state index >= 15 is 0 Å². The highest BCUT2D eigenvalue weighted by molar-refractivity contribution is 5.93. The van der Waals surface area contributed by atoms with Crippen LogP contribution in [-0.4, -0.2) is 10.8 Å². The molecule has 3 nitrogen and oxygen atoms in total. The zero-order valence-electron chi connectivity index (χ0n) is 13.7. The fraction of sp³-hybridized carbons (Fsp3) is 0.450. The Morgan fingerprint density at radius 3 is 2.83 bits per heavy atom. The summed E-state index contributed by atoms with van der Waals surface area (Å²) in [5, 5.41) is 9.64. The fourth-order valence-electron chi connectivity index (χ4n) is 3.83. The molecule has 124 valence electrons. The molecule has 3 rings (SSSR count). The maximum absolute atomic E-state index is 13.7. The molecule has 1 aliphatic carbocycles. The van der Waals surface area contributed by atoms with Crippen molar-refractivity contribution in [2.75, 3.05) is 0 Å². The van der Waals surface area contributed by atoms with Crippen molar-refractivity contribution in [1.29, 1.82) is 5.26 Å². The van der Waals surface area contributed by atoms with E-state index in [1.165, 1.54) is 31.4 Å². The van der Waals surface area contributed by atoms with Gasteiger partial charge in [0, 0.05) is 17.5 Å². The SMILES string of the molecule is N#CCC(=O)C(CC1CCCCC1)c1ccnc2ccc(F)cc12. The van der Waals surface area contributed by atoms with Gasteiger partial charge in [-0.1, -0.05) is 32.1 Å². The van der Waals surface area contributed by atoms with Crippen LogP contribution >= 0.6 is 0 Å². The first-order valence-electron chi connectivity index (χ1n) is 8.63. The Hall–Kier alpha value is -2.28. The molecule has 2 aromatic rings. The number of fused-ring (bicyclic) bond motifs is 1. The van der Waals surface area contributed by atoms with Gasteiger partial charge in [0.2, 0.25) is 0 Å². The minimum Gasteiger partial charge on any atom is -0.298 e. The highest BCUT2D eigenvalue weighted by atomic mass is 19.1. The van der Waals surface area contributed by atoms with Gasteiger partial charge in [-0.25, -0.2) is 4.39 Å². The molecule has 1 saturated carbocycles. The van der Waals surface area contributed by atoms with Gasteiger partial charge in [-0.2, -0.15) is 5.26 Å². The number of hydrogen-bond donors (Lipinski definition) is 0. The maximum atomic E-state index is 13.7. The zero-order valence-corrected chi connectivity index (χ0v) is 13.7. The number of halogens is 1. The first kappa shape index (κ1) is 16.6. The van der Waals surface area contributed by atoms with Crippen molar-refractivity contribution in [1.82, 2.24) is 4.98 Å². The molecule has 1 aromatic heterocycles. The van der Waals surface area contributed by atoms with E-state index < -0.39 is 0 Å². The predicted molar refractivity (Wildman–Crippen MR) is 90.9 cm³/mol. The van der Waals surface area contributed by atoms with Gasteiger partial charge in [0.1, 0.15) is 5.82 Å². The van der Waals surface area contributed by atoms with Crippen LogP contribution in [0.4, 0.5) is 4.39 Å². The van der Waals surface area contributed by atoms with E-state index in [4.69, 9.17) is 5.26 Å². The second-order valence-electron chi connectivity index (χ2n) is 6.66. The van der Waals surface area contributed by atoms with Gasteiger partial charge in [0.25, 0.3) is 0 Å². The molecule has 0 radical (unpaired) electrons. The number of aromatic nitrogens is 1. The van der Waals surface area contributed by atoms with Gasteiger partial charge in [-0.3, -0.25) is 9.78 Å². The van der Waals surface area contributed by atoms with Crippen molar-refractivity contribution < 1.29 is 9.18 Å². The molecule has 1 fully saturated rings. The highest BCUT2D eigenvalue weighted by Gasteiger charge is 2.27. The lowest BCUT2D eigenvalue weighted by molar-refractivity contribution is -0.120. The van der Waals surface area contributed by atoms with Crippen molar-refractivity contribution in [2.24, 2.45) is 5.92 Å². The molecule has 0 N–H and O–H groups in total. The van der Waals surface area contributed by atoms with Crippen LogP contribution in [0.5, 0.6) is 0 Å². The average molecular weight is 324 g/mol. The van der Waals surface area contributed by atoms with Gasteiger partial charge in [0.15, 0.2) is 5.78 Å². The molecule has 0 bridgehead atoms. The number of nitriles is 1. The van der Waals surface area contributed by atoms with Gasteiger partial charge in [0.05, 0.1) is 18.0 Å². The highest BCUT2D eigenvalue weighted by Crippen LogP contribution is 2.36. The summed E-state index contributed by atoms with van der Waals surface area (Å²) in [6.07, 6.45) is 8.25. The first-order valence-corrected chi connectivity index (χ1v) is 8.63. The molecule has 24 heavy (non-hydrogen) atoms. The topological polar surface area (TPSA) is 53.8 Å². The standard InChI is InChI=1S/C20H21FN2O/c21-15-6-7-19-17(13-15)16(9-11-23-19)18(20(24)8-10-22)12-14-4-2-1-3-5-14/h6-7,9,11,13-14,18H,1-5,8,12H2. The Bertz CT molecular complexity index is 775. The Balaban J connectivity index is 1.99. The Labute approximate surface area is 141 Å². The number of Topliss-reactive ketones (excluding diaryl/α,β-unsaturated/α-hetero) is 1. The second kappa shape index (κ2) is 7.53. The van der Waals surface area contributed by atoms with E-state index in [1.54, 1.807) is 12.3 Å². The molecule has 0 spiro atoms. The lowest BCUT2D eigenvalue weighted by Gasteiger charge is -2.26. The van der Waals surface area contributed by atoms with Crippen LogP contribution in [0.25, 0.3) is 10.9 Å². The molecule has 0 saturated heterocycles. The lowest BCUT2D eigenvalue weighted by atomic mass is 9.78. The Morgan fingerprint density at radius 2 is 2.08 bits per heavy atom. The minimum atomic E-state index is -0.347. The van der Waals surface area contributed by atoms with E-state index in [1.807, 2.05) is 12.1 Å². The summed E-state index contributed by atoms with van der Waals surface area (Å²) < 4.78 is 13.7. The third-order valence-electron chi connectivity index (χ3n) is 5.05. The quantitative estimate of drug-likeness (QED) is 0.785. The summed E-state index contributed by atoms with van der Waals surface area (Å²) in [7, 11) is 0. The van der Waals surface area contributed by atoms with Crippen LogP contribution in [0, 0.1) is 23.1 Å². The fourth-order valence-corrected chi connectivity index (χ4v) is 3.83. The second-order valence-corrected chi connectivity index (χ2v) is 6.66. The number of rotatable bonds is 5. The summed E-state index contributed by atoms with van der Waals surface area (Å²) in [6, 6.07) is 8.26. The number of ketones is 1. The number of benzene rings is 1. The predicted octanol–water partition coefficient (Wildman–Crippen LogP) is 4.91. The summed E-state index contributed by atoms with van der Waals surface area (Å²) in [5.74, 6) is -0.246. The molecule has 4 heteroatoms. The average Bonchev–Trinajstić information content (AvgIpc) is 2.60. The molecule has 0 aliphatic heterocycles. The minimum absolute atomic E-state index is 0.0696. The van der Waals surface area contributed by atoms with Crippen LogP contribution in [0.15, 0.2) is 30.5 Å². The van der Waals surface area contributed by atoms with Crippen LogP contribution in [0.2, 0.25) is 0 Å². The Morgan fingerprint density at radius 1 is 1.29 bits per heavy atom. The van der Waals surface area contributed by atoms with Gasteiger partial charge >= 0.3 is 0 Å². The smallest absolute Gasteiger partial charge is 0.154 e. The number of carbonyl (C=O) groups excluding carboxylic acids is 1. The Kier molecular flexibility index (Phi) is 5.20. The van der Waals surface area contributed by atoms with Crippen LogP contribution < -0.4 is 0 Å². The molecular formula is C20H21FN2O. The largest absolute Gasteiger partial charge is 0.298 e. The van der Waals surface area contributed by atoms with Crippen molar-refractivity contribution in [2.45, 2.75) is 50.9 Å². The van der Waals surface area contributed by atoms with Crippen LogP contribution in [-0.2, 0) is 4.79 Å². The molecular weight excluding hydrogens is 303 g/mol. The number of nitrogens with zero attached hydrogens (tertiary/aromatic N) is 2. The van der Waals surface area contributed by atoms with E-state index in [9.17, 15) is 9.18 Å². The van der Waals surface area contributed by atoms with E-state index in [0.29, 0.717) is 16.8 Å². The number of hydrogen-bond acceptors (Lipinski definition) is 3. The summed E-state index contributed by atoms with van der Waals surface area (Å²) >= 11 is 0. The maximum Gasteiger partial charge on any atom is 0.154 e. The van der Waals surface area contributed by atoms with Gasteiger partial charge in [-0.05, 0) is 42.2 Å². The summed E-state index contributed by atoms with van der Waals surface area (Å²) in [4.78, 5) is 16.9. The lowest BCUT2D eigenvalue weighted by Crippen LogP contribution is -2.18. The van der Waals surface area contributed by atoms with E-state index in [2.05, 4.69) is 4.98 Å². The molecule has 1 aromatic carbocycles. The molecule has 1 atom stereocenters. The van der Waals surface area contributed by atoms with Crippen molar-refractivity contribution in [3.63, 3.8) is 0 Å². The first-order chi connectivity index (χ1) is 11.7. The van der Waals surface area contributed by atoms with Crippen LogP contribution in [0.3, 0.4) is 0 Å². The normalized spacial score (nSPS) is 16.7. The third kappa shape index (κ3) is 3.62. The monoisotopic (exact) mass is 324 g/mol. The van der Waals surface area contributed by atoms with Gasteiger partial charge in [-0.15, -0.1) is 0 Å². The third-order valence-corrected chi connectivity index (χ3v) is 5.05. The summed E-state index contributed by atoms with van der Waals surface area (Å²) in [6.45, 7) is 0. The molecule has 1 heterocycles. The van der Waals surface area contributed by atoms with E-state index in [0.717, 1.165) is 24.8 Å².